The highest BCUT2D eigenvalue weighted by atomic mass is 127. The highest BCUT2D eigenvalue weighted by molar-refractivity contribution is 7.75. The molecule has 0 N–H and O–H groups in total. The molecule has 0 radical (unpaired) electrons. The standard InChI is InChI=1S/C9H16N2P.HI/c1-3-12(2,8-4-6-10)9-5-7-11;/h3-5,8-9H2,1-2H3;1H/q+1;/p-1. The molecule has 0 unspecified atom stereocenters. The van der Waals surface area contributed by atoms with Crippen LogP contribution in [0.2, 0.25) is 0 Å². The first-order valence-electron chi connectivity index (χ1n) is 4.26. The monoisotopic (exact) mass is 310 g/mol. The van der Waals surface area contributed by atoms with E-state index in [0.717, 1.165) is 18.5 Å². The van der Waals surface area contributed by atoms with Gasteiger partial charge in [-0.25, -0.2) is 0 Å². The molecule has 4 heteroatoms. The van der Waals surface area contributed by atoms with E-state index in [2.05, 4.69) is 25.7 Å². The van der Waals surface area contributed by atoms with Crippen LogP contribution < -0.4 is 24.0 Å². The molecular weight excluding hydrogens is 294 g/mol. The fraction of sp³-hybridized carbons (Fsp3) is 0.778. The highest BCUT2D eigenvalue weighted by Crippen LogP contribution is 2.55. The van der Waals surface area contributed by atoms with Crippen LogP contribution in [0.25, 0.3) is 0 Å². The normalized spacial score (nSPS) is 9.54. The molecule has 0 bridgehead atoms. The first kappa shape index (κ1) is 15.6. The SMILES string of the molecule is CC[P+](C)(CCC#N)CCC#N.[I-]. The minimum absolute atomic E-state index is 0. The van der Waals surface area contributed by atoms with Gasteiger partial charge in [0.25, 0.3) is 0 Å². The number of nitrogens with zero attached hydrogens (tertiary/aromatic N) is 2. The maximum absolute atomic E-state index is 8.45. The van der Waals surface area contributed by atoms with Crippen molar-refractivity contribution >= 4 is 7.26 Å². The van der Waals surface area contributed by atoms with Crippen LogP contribution in [0.3, 0.4) is 0 Å². The Hall–Kier alpha value is 0.140. The Morgan fingerprint density at radius 3 is 1.69 bits per heavy atom. The number of halogens is 1. The van der Waals surface area contributed by atoms with Crippen molar-refractivity contribution in [2.45, 2.75) is 19.8 Å². The Bertz CT molecular complexity index is 187. The molecule has 13 heavy (non-hydrogen) atoms. The average molecular weight is 310 g/mol. The van der Waals surface area contributed by atoms with Gasteiger partial charge in [0.1, 0.15) is 0 Å². The fourth-order valence-electron chi connectivity index (χ4n) is 1.07. The number of hydrogen-bond donors (Lipinski definition) is 0. The summed E-state index contributed by atoms with van der Waals surface area (Å²) in [5, 5.41) is 16.9. The summed E-state index contributed by atoms with van der Waals surface area (Å²) in [6.07, 6.45) is 4.53. The van der Waals surface area contributed by atoms with Gasteiger partial charge in [0.05, 0.1) is 43.5 Å². The maximum Gasteiger partial charge on any atom is 0.0722 e. The highest BCUT2D eigenvalue weighted by Gasteiger charge is 2.27. The van der Waals surface area contributed by atoms with E-state index in [-0.39, 0.29) is 24.0 Å². The van der Waals surface area contributed by atoms with Crippen LogP contribution in [-0.4, -0.2) is 25.2 Å². The molecule has 0 amide bonds. The summed E-state index contributed by atoms with van der Waals surface area (Å²) in [5.41, 5.74) is 0. The maximum atomic E-state index is 8.45. The molecule has 0 heterocycles. The van der Waals surface area contributed by atoms with Gasteiger partial charge in [-0.2, -0.15) is 10.5 Å². The smallest absolute Gasteiger partial charge is 0.0722 e. The third-order valence-corrected chi connectivity index (χ3v) is 6.42. The zero-order chi connectivity index (χ0) is 9.45. The predicted octanol–water partition coefficient (Wildman–Crippen LogP) is -0.515. The zero-order valence-corrected chi connectivity index (χ0v) is 11.3. The largest absolute Gasteiger partial charge is 1.00 e. The van der Waals surface area contributed by atoms with Gasteiger partial charge in [0.15, 0.2) is 0 Å². The molecule has 0 aliphatic carbocycles. The second kappa shape index (κ2) is 8.73. The predicted molar refractivity (Wildman–Crippen MR) is 53.6 cm³/mol. The lowest BCUT2D eigenvalue weighted by Crippen LogP contribution is -3.00. The van der Waals surface area contributed by atoms with Crippen molar-refractivity contribution in [2.75, 3.05) is 25.2 Å². The summed E-state index contributed by atoms with van der Waals surface area (Å²) in [7, 11) is -0.928. The van der Waals surface area contributed by atoms with Gasteiger partial charge in [-0.1, -0.05) is 0 Å². The Morgan fingerprint density at radius 1 is 1.08 bits per heavy atom. The van der Waals surface area contributed by atoms with E-state index in [1.165, 1.54) is 0 Å². The van der Waals surface area contributed by atoms with Crippen molar-refractivity contribution in [3.8, 4) is 12.1 Å². The first-order chi connectivity index (χ1) is 5.68. The molecule has 0 fully saturated rings. The van der Waals surface area contributed by atoms with E-state index in [0.29, 0.717) is 12.8 Å². The Morgan fingerprint density at radius 2 is 1.46 bits per heavy atom. The number of rotatable bonds is 5. The second-order valence-corrected chi connectivity index (χ2v) is 7.97. The van der Waals surface area contributed by atoms with Crippen LogP contribution >= 0.6 is 7.26 Å². The Kier molecular flexibility index (Phi) is 10.5. The summed E-state index contributed by atoms with van der Waals surface area (Å²) >= 11 is 0. The van der Waals surface area contributed by atoms with Crippen molar-refractivity contribution in [2.24, 2.45) is 0 Å². The van der Waals surface area contributed by atoms with Crippen molar-refractivity contribution < 1.29 is 24.0 Å². The van der Waals surface area contributed by atoms with Crippen LogP contribution in [-0.2, 0) is 0 Å². The molecule has 0 aromatic carbocycles. The van der Waals surface area contributed by atoms with Crippen molar-refractivity contribution in [3.05, 3.63) is 0 Å². The van der Waals surface area contributed by atoms with Gasteiger partial charge >= 0.3 is 0 Å². The van der Waals surface area contributed by atoms with Gasteiger partial charge in [-0.05, 0) is 6.92 Å². The Balaban J connectivity index is 0. The van der Waals surface area contributed by atoms with Crippen LogP contribution in [0, 0.1) is 22.7 Å². The third-order valence-electron chi connectivity index (χ3n) is 2.29. The van der Waals surface area contributed by atoms with Gasteiger partial charge in [-0.15, -0.1) is 0 Å². The molecule has 0 aliphatic heterocycles. The lowest BCUT2D eigenvalue weighted by atomic mass is 10.5. The van der Waals surface area contributed by atoms with Crippen molar-refractivity contribution in [1.29, 1.82) is 10.5 Å². The molecule has 2 nitrogen and oxygen atoms in total. The number of nitriles is 2. The van der Waals surface area contributed by atoms with Gasteiger partial charge < -0.3 is 24.0 Å². The fourth-order valence-corrected chi connectivity index (χ4v) is 3.20. The van der Waals surface area contributed by atoms with E-state index in [9.17, 15) is 0 Å². The molecule has 0 spiro atoms. The summed E-state index contributed by atoms with van der Waals surface area (Å²) < 4.78 is 0. The molecule has 0 aromatic rings. The van der Waals surface area contributed by atoms with Crippen LogP contribution in [0.15, 0.2) is 0 Å². The third kappa shape index (κ3) is 7.23. The van der Waals surface area contributed by atoms with Crippen LogP contribution in [0.1, 0.15) is 19.8 Å². The minimum Gasteiger partial charge on any atom is -1.00 e. The summed E-state index contributed by atoms with van der Waals surface area (Å²) in [5.74, 6) is 0. The molecular formula is C9H16IN2P. The van der Waals surface area contributed by atoms with E-state index in [1.807, 2.05) is 0 Å². The molecule has 0 aliphatic rings. The van der Waals surface area contributed by atoms with Crippen molar-refractivity contribution in [1.82, 2.24) is 0 Å². The lowest BCUT2D eigenvalue weighted by molar-refractivity contribution is -0.00000326. The van der Waals surface area contributed by atoms with Crippen molar-refractivity contribution in [3.63, 3.8) is 0 Å². The average Bonchev–Trinajstić information content (AvgIpc) is 2.11. The molecule has 0 aromatic heterocycles. The second-order valence-electron chi connectivity index (χ2n) is 3.20. The van der Waals surface area contributed by atoms with E-state index in [1.54, 1.807) is 0 Å². The van der Waals surface area contributed by atoms with Gasteiger partial charge in [0, 0.05) is 13.9 Å². The quantitative estimate of drug-likeness (QED) is 0.507. The van der Waals surface area contributed by atoms with Gasteiger partial charge in [0.2, 0.25) is 0 Å². The number of hydrogen-bond acceptors (Lipinski definition) is 2. The van der Waals surface area contributed by atoms with Gasteiger partial charge in [-0.3, -0.25) is 0 Å². The minimum atomic E-state index is -0.928. The molecule has 0 saturated heterocycles. The Labute approximate surface area is 98.7 Å². The first-order valence-corrected chi connectivity index (χ1v) is 7.05. The molecule has 0 atom stereocenters. The zero-order valence-electron chi connectivity index (χ0n) is 8.26. The lowest BCUT2D eigenvalue weighted by Gasteiger charge is -2.18. The summed E-state index contributed by atoms with van der Waals surface area (Å²) in [6.45, 7) is 4.43. The topological polar surface area (TPSA) is 47.6 Å². The van der Waals surface area contributed by atoms with E-state index in [4.69, 9.17) is 10.5 Å². The van der Waals surface area contributed by atoms with E-state index >= 15 is 0 Å². The molecule has 74 valence electrons. The van der Waals surface area contributed by atoms with Crippen LogP contribution in [0.4, 0.5) is 0 Å². The summed E-state index contributed by atoms with van der Waals surface area (Å²) in [6, 6.07) is 4.36. The molecule has 0 saturated carbocycles. The van der Waals surface area contributed by atoms with E-state index < -0.39 is 7.26 Å². The van der Waals surface area contributed by atoms with Crippen LogP contribution in [0.5, 0.6) is 0 Å². The molecule has 0 rings (SSSR count). The summed E-state index contributed by atoms with van der Waals surface area (Å²) in [4.78, 5) is 0.